The third-order valence-electron chi connectivity index (χ3n) is 16.8. The van der Waals surface area contributed by atoms with Gasteiger partial charge in [-0.3, -0.25) is 0 Å². The average molecular weight is 1050 g/mol. The summed E-state index contributed by atoms with van der Waals surface area (Å²) in [6.07, 6.45) is 0. The molecule has 17 aromatic rings. The summed E-state index contributed by atoms with van der Waals surface area (Å²) in [5.74, 6) is 0.650. The lowest BCUT2D eigenvalue weighted by atomic mass is 9.98. The second kappa shape index (κ2) is 18.2. The molecule has 5 aromatic heterocycles. The summed E-state index contributed by atoms with van der Waals surface area (Å²) in [4.78, 5) is 10.8. The summed E-state index contributed by atoms with van der Waals surface area (Å²) in [7, 11) is 0. The van der Waals surface area contributed by atoms with Gasteiger partial charge in [0.15, 0.2) is 5.82 Å². The van der Waals surface area contributed by atoms with Crippen molar-refractivity contribution in [1.29, 1.82) is 0 Å². The number of rotatable bonds is 8. The highest BCUT2D eigenvalue weighted by Crippen LogP contribution is 2.44. The molecule has 17 rings (SSSR count). The van der Waals surface area contributed by atoms with Crippen LogP contribution in [0.2, 0.25) is 0 Å². The van der Waals surface area contributed by atoms with Crippen LogP contribution < -0.4 is 0 Å². The van der Waals surface area contributed by atoms with Crippen molar-refractivity contribution in [2.24, 2.45) is 0 Å². The van der Waals surface area contributed by atoms with Gasteiger partial charge in [0.05, 0.1) is 66.9 Å². The van der Waals surface area contributed by atoms with Gasteiger partial charge in [0, 0.05) is 82.3 Å². The molecule has 82 heavy (non-hydrogen) atoms. The first kappa shape index (κ1) is 45.9. The second-order valence-corrected chi connectivity index (χ2v) is 21.3. The second-order valence-electron chi connectivity index (χ2n) is 21.3. The summed E-state index contributed by atoms with van der Waals surface area (Å²) >= 11 is 0. The number of fused-ring (bicyclic) bond motifs is 12. The molecule has 0 spiro atoms. The molecule has 6 heteroatoms. The molecule has 0 aliphatic rings. The smallest absolute Gasteiger partial charge is 0.160 e. The maximum absolute atomic E-state index is 5.40. The molecule has 0 unspecified atom stereocenters. The molecule has 0 amide bonds. The van der Waals surface area contributed by atoms with E-state index in [2.05, 4.69) is 297 Å². The first-order chi connectivity index (χ1) is 40.7. The van der Waals surface area contributed by atoms with E-state index in [0.717, 1.165) is 89.4 Å². The van der Waals surface area contributed by atoms with Crippen LogP contribution in [0.5, 0.6) is 0 Å². The van der Waals surface area contributed by atoms with E-state index in [-0.39, 0.29) is 0 Å². The Morgan fingerprint density at radius 1 is 0.207 bits per heavy atom. The quantitative estimate of drug-likeness (QED) is 0.152. The molecule has 382 valence electrons. The van der Waals surface area contributed by atoms with Gasteiger partial charge in [-0.2, -0.15) is 0 Å². The van der Waals surface area contributed by atoms with Crippen LogP contribution in [0.15, 0.2) is 291 Å². The van der Waals surface area contributed by atoms with Gasteiger partial charge in [-0.15, -0.1) is 0 Å². The first-order valence-electron chi connectivity index (χ1n) is 28.0. The van der Waals surface area contributed by atoms with Crippen LogP contribution in [0.1, 0.15) is 0 Å². The van der Waals surface area contributed by atoms with Gasteiger partial charge >= 0.3 is 0 Å². The largest absolute Gasteiger partial charge is 0.309 e. The normalized spacial score (nSPS) is 11.9. The van der Waals surface area contributed by atoms with Crippen molar-refractivity contribution < 1.29 is 0 Å². The Labute approximate surface area is 471 Å². The van der Waals surface area contributed by atoms with Crippen molar-refractivity contribution in [1.82, 2.24) is 28.2 Å². The predicted molar refractivity (Wildman–Crippen MR) is 341 cm³/mol. The van der Waals surface area contributed by atoms with Gasteiger partial charge in [0.2, 0.25) is 0 Å². The van der Waals surface area contributed by atoms with Crippen LogP contribution in [0.4, 0.5) is 0 Å². The summed E-state index contributed by atoms with van der Waals surface area (Å²) in [5, 5.41) is 9.67. The van der Waals surface area contributed by atoms with Gasteiger partial charge < -0.3 is 18.3 Å². The van der Waals surface area contributed by atoms with Crippen molar-refractivity contribution in [2.45, 2.75) is 0 Å². The molecule has 0 saturated heterocycles. The Morgan fingerprint density at radius 3 is 1.00 bits per heavy atom. The van der Waals surface area contributed by atoms with Gasteiger partial charge in [-0.1, -0.05) is 200 Å². The lowest BCUT2D eigenvalue weighted by Gasteiger charge is -2.20. The Balaban J connectivity index is 0.919. The van der Waals surface area contributed by atoms with E-state index in [1.54, 1.807) is 0 Å². The van der Waals surface area contributed by atoms with Crippen molar-refractivity contribution in [2.75, 3.05) is 0 Å². The number of aromatic nitrogens is 6. The lowest BCUT2D eigenvalue weighted by molar-refractivity contribution is 1.14. The monoisotopic (exact) mass is 1040 g/mol. The average Bonchev–Trinajstić information content (AvgIpc) is 2.92. The molecule has 6 nitrogen and oxygen atoms in total. The van der Waals surface area contributed by atoms with Crippen LogP contribution >= 0.6 is 0 Å². The van der Waals surface area contributed by atoms with Gasteiger partial charge in [-0.05, 0) is 91.0 Å². The Hall–Kier alpha value is -11.1. The zero-order chi connectivity index (χ0) is 53.8. The fourth-order valence-electron chi connectivity index (χ4n) is 13.2. The molecule has 0 aliphatic carbocycles. The van der Waals surface area contributed by atoms with Crippen molar-refractivity contribution in [3.05, 3.63) is 291 Å². The number of para-hydroxylation sites is 7. The molecule has 0 saturated carbocycles. The minimum absolute atomic E-state index is 0.650. The Bertz CT molecular complexity index is 5240. The highest BCUT2D eigenvalue weighted by molar-refractivity contribution is 6.15. The Kier molecular flexibility index (Phi) is 10.2. The minimum Gasteiger partial charge on any atom is -0.309 e. The van der Waals surface area contributed by atoms with Crippen molar-refractivity contribution >= 4 is 87.2 Å². The third-order valence-corrected chi connectivity index (χ3v) is 16.8. The molecular formula is C76H48N6. The zero-order valence-electron chi connectivity index (χ0n) is 44.4. The van der Waals surface area contributed by atoms with Gasteiger partial charge in [0.1, 0.15) is 0 Å². The van der Waals surface area contributed by atoms with Crippen LogP contribution in [0, 0.1) is 0 Å². The van der Waals surface area contributed by atoms with Gasteiger partial charge in [-0.25, -0.2) is 9.97 Å². The molecule has 0 atom stereocenters. The fraction of sp³-hybridized carbons (Fsp3) is 0. The molecule has 0 aliphatic heterocycles. The number of hydrogen-bond donors (Lipinski definition) is 0. The first-order valence-corrected chi connectivity index (χ1v) is 28.0. The van der Waals surface area contributed by atoms with E-state index in [0.29, 0.717) is 5.82 Å². The molecule has 0 fully saturated rings. The summed E-state index contributed by atoms with van der Waals surface area (Å²) < 4.78 is 9.77. The third kappa shape index (κ3) is 7.01. The highest BCUT2D eigenvalue weighted by atomic mass is 15.0. The predicted octanol–water partition coefficient (Wildman–Crippen LogP) is 19.5. The van der Waals surface area contributed by atoms with Crippen molar-refractivity contribution in [3.8, 4) is 67.8 Å². The van der Waals surface area contributed by atoms with Crippen LogP contribution in [0.3, 0.4) is 0 Å². The maximum atomic E-state index is 5.40. The lowest BCUT2D eigenvalue weighted by Crippen LogP contribution is -2.03. The van der Waals surface area contributed by atoms with Crippen LogP contribution in [0.25, 0.3) is 155 Å². The SMILES string of the molecule is c1ccc(-c2cc(-c3ccccc3)nc(-c3ccc(-c4ccccc4-n4c5ccccc5c5cc(-n6c7ccccc7c7ccccc76)ccc54)c(-n4c5ccccc5c5cc(-n6c7ccccc7c7ccccc76)ccc54)c3)n2)cc1. The number of nitrogens with zero attached hydrogens (tertiary/aromatic N) is 6. The Morgan fingerprint density at radius 2 is 0.549 bits per heavy atom. The molecule has 0 radical (unpaired) electrons. The van der Waals surface area contributed by atoms with E-state index >= 15 is 0 Å². The molecule has 0 bridgehead atoms. The number of hydrogen-bond acceptors (Lipinski definition) is 2. The summed E-state index contributed by atoms with van der Waals surface area (Å²) in [6.45, 7) is 0. The van der Waals surface area contributed by atoms with E-state index in [1.165, 1.54) is 59.8 Å². The standard InChI is InChI=1S/C76H48N6/c1-3-21-49(22-4-1)64-48-65(50-23-5-2-6-24-50)78-76(77-64)51-39-42-61(75(45-51)82-72-38-20-13-31-60(72)63-47-53(41-44-74(63)82)80-68-34-16-9-27-56(68)57-28-10-17-35-69(57)80)58-29-11-18-36-70(58)81-71-37-19-12-30-59(71)62-46-52(40-43-73(62)81)79-66-32-14-7-25-54(66)55-26-8-15-33-67(55)79/h1-48H. The molecule has 0 N–H and O–H groups in total. The van der Waals surface area contributed by atoms with Crippen molar-refractivity contribution in [3.63, 3.8) is 0 Å². The van der Waals surface area contributed by atoms with E-state index < -0.39 is 0 Å². The van der Waals surface area contributed by atoms with E-state index in [1.807, 2.05) is 12.1 Å². The summed E-state index contributed by atoms with van der Waals surface area (Å²) in [6, 6.07) is 105. The number of benzene rings is 12. The molecular weight excluding hydrogens is 997 g/mol. The molecule has 5 heterocycles. The van der Waals surface area contributed by atoms with Gasteiger partial charge in [0.25, 0.3) is 0 Å². The van der Waals surface area contributed by atoms with E-state index in [9.17, 15) is 0 Å². The molecule has 12 aromatic carbocycles. The maximum Gasteiger partial charge on any atom is 0.160 e. The fourth-order valence-corrected chi connectivity index (χ4v) is 13.2. The summed E-state index contributed by atoms with van der Waals surface area (Å²) in [5.41, 5.74) is 20.4. The topological polar surface area (TPSA) is 45.5 Å². The zero-order valence-corrected chi connectivity index (χ0v) is 44.4. The highest BCUT2D eigenvalue weighted by Gasteiger charge is 2.24. The minimum atomic E-state index is 0.650. The van der Waals surface area contributed by atoms with Crippen LogP contribution in [-0.4, -0.2) is 28.2 Å². The van der Waals surface area contributed by atoms with Crippen LogP contribution in [-0.2, 0) is 0 Å². The van der Waals surface area contributed by atoms with E-state index in [4.69, 9.17) is 9.97 Å².